The molecule has 0 bridgehead atoms. The van der Waals surface area contributed by atoms with E-state index in [4.69, 9.17) is 20.8 Å². The maximum atomic E-state index is 11.9. The summed E-state index contributed by atoms with van der Waals surface area (Å²) in [5.74, 6) is 1.01. The topological polar surface area (TPSA) is 39.4 Å². The molecule has 0 radical (unpaired) electrons. The predicted molar refractivity (Wildman–Crippen MR) is 102 cm³/mol. The number of ether oxygens (including phenoxy) is 1. The van der Waals surface area contributed by atoms with E-state index in [2.05, 4.69) is 38.1 Å². The summed E-state index contributed by atoms with van der Waals surface area (Å²) in [4.78, 5) is 11.9. The third-order valence-electron chi connectivity index (χ3n) is 4.55. The van der Waals surface area contributed by atoms with Crippen molar-refractivity contribution in [2.24, 2.45) is 0 Å². The van der Waals surface area contributed by atoms with Gasteiger partial charge in [-0.05, 0) is 42.5 Å². The molecule has 0 aliphatic heterocycles. The molecule has 0 atom stereocenters. The van der Waals surface area contributed by atoms with Crippen LogP contribution in [0, 0.1) is 13.8 Å². The molecule has 0 spiro atoms. The zero-order valence-corrected chi connectivity index (χ0v) is 15.6. The minimum atomic E-state index is -0.331. The first kappa shape index (κ1) is 17.6. The largest absolute Gasteiger partial charge is 0.487 e. The van der Waals surface area contributed by atoms with Crippen LogP contribution in [0.25, 0.3) is 11.0 Å². The Hall–Kier alpha value is -2.26. The van der Waals surface area contributed by atoms with Crippen molar-refractivity contribution in [3.8, 4) is 5.75 Å². The van der Waals surface area contributed by atoms with Crippen LogP contribution in [0.15, 0.2) is 45.6 Å². The minimum absolute atomic E-state index is 0.331. The Balaban J connectivity index is 1.87. The van der Waals surface area contributed by atoms with E-state index in [1.165, 1.54) is 5.56 Å². The second-order valence-electron chi connectivity index (χ2n) is 6.60. The Labute approximate surface area is 152 Å². The predicted octanol–water partition coefficient (Wildman–Crippen LogP) is 5.77. The Morgan fingerprint density at radius 1 is 1.08 bits per heavy atom. The van der Waals surface area contributed by atoms with Gasteiger partial charge < -0.3 is 9.15 Å². The van der Waals surface area contributed by atoms with E-state index >= 15 is 0 Å². The number of hydrogen-bond acceptors (Lipinski definition) is 3. The Morgan fingerprint density at radius 2 is 1.76 bits per heavy atom. The van der Waals surface area contributed by atoms with Gasteiger partial charge in [-0.3, -0.25) is 0 Å². The number of halogens is 1. The van der Waals surface area contributed by atoms with Crippen LogP contribution in [0.5, 0.6) is 5.75 Å². The molecule has 2 aromatic carbocycles. The van der Waals surface area contributed by atoms with E-state index in [9.17, 15) is 4.79 Å². The van der Waals surface area contributed by atoms with Crippen LogP contribution in [0.1, 0.15) is 42.0 Å². The summed E-state index contributed by atoms with van der Waals surface area (Å²) < 4.78 is 11.2. The number of hydrogen-bond donors (Lipinski definition) is 0. The summed E-state index contributed by atoms with van der Waals surface area (Å²) in [7, 11) is 0. The quantitative estimate of drug-likeness (QED) is 0.557. The Morgan fingerprint density at radius 3 is 2.40 bits per heavy atom. The van der Waals surface area contributed by atoms with Crippen molar-refractivity contribution in [1.82, 2.24) is 0 Å². The van der Waals surface area contributed by atoms with Crippen molar-refractivity contribution < 1.29 is 9.15 Å². The third-order valence-corrected chi connectivity index (χ3v) is 4.85. The molecule has 3 nitrogen and oxygen atoms in total. The highest BCUT2D eigenvalue weighted by Crippen LogP contribution is 2.32. The zero-order chi connectivity index (χ0) is 18.1. The lowest BCUT2D eigenvalue weighted by atomic mass is 10.0. The molecule has 25 heavy (non-hydrogen) atoms. The molecule has 0 N–H and O–H groups in total. The first-order valence-electron chi connectivity index (χ1n) is 8.32. The Kier molecular flexibility index (Phi) is 4.87. The van der Waals surface area contributed by atoms with Gasteiger partial charge in [0.05, 0.1) is 5.02 Å². The highest BCUT2D eigenvalue weighted by atomic mass is 35.5. The van der Waals surface area contributed by atoms with Gasteiger partial charge in [0, 0.05) is 17.0 Å². The van der Waals surface area contributed by atoms with Crippen LogP contribution in [-0.2, 0) is 6.61 Å². The van der Waals surface area contributed by atoms with Crippen LogP contribution in [0.4, 0.5) is 0 Å². The van der Waals surface area contributed by atoms with Gasteiger partial charge in [0.2, 0.25) is 0 Å². The molecular weight excluding hydrogens is 336 g/mol. The average molecular weight is 357 g/mol. The lowest BCUT2D eigenvalue weighted by Crippen LogP contribution is -2.06. The van der Waals surface area contributed by atoms with E-state index in [-0.39, 0.29) is 5.63 Å². The molecule has 130 valence electrons. The van der Waals surface area contributed by atoms with E-state index in [0.717, 1.165) is 16.5 Å². The van der Waals surface area contributed by atoms with E-state index < -0.39 is 0 Å². The van der Waals surface area contributed by atoms with Gasteiger partial charge in [0.15, 0.2) is 0 Å². The first-order chi connectivity index (χ1) is 11.9. The fourth-order valence-corrected chi connectivity index (χ4v) is 2.93. The second kappa shape index (κ2) is 6.93. The maximum absolute atomic E-state index is 11.9. The molecule has 0 fully saturated rings. The summed E-state index contributed by atoms with van der Waals surface area (Å²) in [5.41, 5.74) is 3.99. The monoisotopic (exact) mass is 356 g/mol. The van der Waals surface area contributed by atoms with Crippen molar-refractivity contribution in [2.75, 3.05) is 0 Å². The van der Waals surface area contributed by atoms with Gasteiger partial charge >= 0.3 is 5.63 Å². The van der Waals surface area contributed by atoms with Crippen molar-refractivity contribution >= 4 is 22.6 Å². The van der Waals surface area contributed by atoms with Gasteiger partial charge in [-0.15, -0.1) is 0 Å². The summed E-state index contributed by atoms with van der Waals surface area (Å²) in [6.45, 7) is 8.37. The number of rotatable bonds is 4. The van der Waals surface area contributed by atoms with Gasteiger partial charge in [-0.25, -0.2) is 4.79 Å². The molecule has 1 aromatic heterocycles. The van der Waals surface area contributed by atoms with Gasteiger partial charge in [-0.2, -0.15) is 0 Å². The molecule has 4 heteroatoms. The first-order valence-corrected chi connectivity index (χ1v) is 8.70. The third kappa shape index (κ3) is 3.57. The molecule has 0 saturated carbocycles. The minimum Gasteiger partial charge on any atom is -0.487 e. The molecule has 1 heterocycles. The highest BCUT2D eigenvalue weighted by Gasteiger charge is 2.12. The van der Waals surface area contributed by atoms with Gasteiger partial charge in [0.1, 0.15) is 17.9 Å². The van der Waals surface area contributed by atoms with Crippen LogP contribution in [-0.4, -0.2) is 0 Å². The lowest BCUT2D eigenvalue weighted by molar-refractivity contribution is 0.306. The maximum Gasteiger partial charge on any atom is 0.339 e. The highest BCUT2D eigenvalue weighted by molar-refractivity contribution is 6.32. The van der Waals surface area contributed by atoms with Gasteiger partial charge in [-0.1, -0.05) is 49.7 Å². The summed E-state index contributed by atoms with van der Waals surface area (Å²) in [6, 6.07) is 11.8. The molecule has 0 amide bonds. The Bertz CT molecular complexity index is 969. The summed E-state index contributed by atoms with van der Waals surface area (Å²) in [6.07, 6.45) is 0. The van der Waals surface area contributed by atoms with Crippen LogP contribution < -0.4 is 10.4 Å². The number of aryl methyl sites for hydroxylation is 1. The molecule has 0 unspecified atom stereocenters. The number of benzene rings is 2. The van der Waals surface area contributed by atoms with Crippen LogP contribution >= 0.6 is 11.6 Å². The standard InChI is InChI=1S/C21H21ClO3/c1-12(2)16-7-5-15(6-8-16)11-24-20-10-19-17(9-18(20)22)13(3)14(4)21(23)25-19/h5-10,12H,11H2,1-4H3. The lowest BCUT2D eigenvalue weighted by Gasteiger charge is -2.11. The SMILES string of the molecule is Cc1c(C)c2cc(Cl)c(OCc3ccc(C(C)C)cc3)cc2oc1=O. The molecule has 0 aliphatic carbocycles. The van der Waals surface area contributed by atoms with E-state index in [0.29, 0.717) is 34.4 Å². The molecule has 0 saturated heterocycles. The van der Waals surface area contributed by atoms with Crippen LogP contribution in [0.3, 0.4) is 0 Å². The van der Waals surface area contributed by atoms with Crippen molar-refractivity contribution in [2.45, 2.75) is 40.2 Å². The fraction of sp³-hybridized carbons (Fsp3) is 0.286. The van der Waals surface area contributed by atoms with E-state index in [1.54, 1.807) is 19.1 Å². The van der Waals surface area contributed by atoms with E-state index in [1.807, 2.05) is 6.92 Å². The number of fused-ring (bicyclic) bond motifs is 1. The molecule has 3 rings (SSSR count). The van der Waals surface area contributed by atoms with Gasteiger partial charge in [0.25, 0.3) is 0 Å². The average Bonchev–Trinajstić information content (AvgIpc) is 2.59. The normalized spacial score (nSPS) is 11.3. The van der Waals surface area contributed by atoms with Crippen molar-refractivity contribution in [1.29, 1.82) is 0 Å². The summed E-state index contributed by atoms with van der Waals surface area (Å²) in [5, 5.41) is 1.33. The summed E-state index contributed by atoms with van der Waals surface area (Å²) >= 11 is 6.36. The van der Waals surface area contributed by atoms with Crippen molar-refractivity contribution in [3.05, 3.63) is 74.1 Å². The second-order valence-corrected chi connectivity index (χ2v) is 7.01. The molecule has 3 aromatic rings. The van der Waals surface area contributed by atoms with Crippen molar-refractivity contribution in [3.63, 3.8) is 0 Å². The molecule has 0 aliphatic rings. The smallest absolute Gasteiger partial charge is 0.339 e. The van der Waals surface area contributed by atoms with Crippen LogP contribution in [0.2, 0.25) is 5.02 Å². The fourth-order valence-electron chi connectivity index (χ4n) is 2.71. The molecular formula is C21H21ClO3. The zero-order valence-electron chi connectivity index (χ0n) is 14.9.